The quantitative estimate of drug-likeness (QED) is 0.910. The Hall–Kier alpha value is -1.22. The average molecular weight is 263 g/mol. The summed E-state index contributed by atoms with van der Waals surface area (Å²) in [7, 11) is 4.03. The third kappa shape index (κ3) is 3.41. The average Bonchev–Trinajstić information content (AvgIpc) is 2.34. The fourth-order valence-electron chi connectivity index (χ4n) is 2.98. The molecule has 0 radical (unpaired) electrons. The Balaban J connectivity index is 2.09. The Labute approximate surface area is 116 Å². The maximum absolute atomic E-state index is 10.2. The topological polar surface area (TPSA) is 32.7 Å². The van der Waals surface area contributed by atoms with Gasteiger partial charge in [-0.25, -0.2) is 0 Å². The van der Waals surface area contributed by atoms with Crippen molar-refractivity contribution in [3.63, 3.8) is 0 Å². The van der Waals surface area contributed by atoms with Gasteiger partial charge in [0.2, 0.25) is 0 Å². The number of anilines is 1. The summed E-state index contributed by atoms with van der Waals surface area (Å²) < 4.78 is 6.04. The number of aliphatic hydroxyl groups is 1. The third-order valence-corrected chi connectivity index (χ3v) is 3.96. The van der Waals surface area contributed by atoms with Gasteiger partial charge in [0, 0.05) is 25.8 Å². The van der Waals surface area contributed by atoms with Crippen molar-refractivity contribution >= 4 is 5.69 Å². The molecule has 3 heteroatoms. The molecular formula is C16H25NO2. The summed E-state index contributed by atoms with van der Waals surface area (Å²) in [5.74, 6) is 1.82. The minimum atomic E-state index is -0.359. The van der Waals surface area contributed by atoms with Crippen molar-refractivity contribution in [3.8, 4) is 5.75 Å². The molecule has 19 heavy (non-hydrogen) atoms. The van der Waals surface area contributed by atoms with Crippen LogP contribution in [0.1, 0.15) is 26.7 Å². The molecule has 0 aromatic heterocycles. The van der Waals surface area contributed by atoms with Crippen LogP contribution in [0, 0.1) is 11.8 Å². The van der Waals surface area contributed by atoms with Crippen LogP contribution in [0.5, 0.6) is 5.75 Å². The van der Waals surface area contributed by atoms with Gasteiger partial charge in [-0.3, -0.25) is 0 Å². The molecule has 1 fully saturated rings. The van der Waals surface area contributed by atoms with Gasteiger partial charge in [-0.15, -0.1) is 0 Å². The lowest BCUT2D eigenvalue weighted by atomic mass is 9.79. The van der Waals surface area contributed by atoms with E-state index in [4.69, 9.17) is 4.74 Å². The fourth-order valence-corrected chi connectivity index (χ4v) is 2.98. The van der Waals surface area contributed by atoms with Gasteiger partial charge < -0.3 is 14.7 Å². The van der Waals surface area contributed by atoms with Gasteiger partial charge in [0.15, 0.2) is 0 Å². The van der Waals surface area contributed by atoms with E-state index in [1.165, 1.54) is 0 Å². The zero-order valence-electron chi connectivity index (χ0n) is 12.3. The highest BCUT2D eigenvalue weighted by Crippen LogP contribution is 2.32. The summed E-state index contributed by atoms with van der Waals surface area (Å²) in [6.45, 7) is 4.36. The first-order chi connectivity index (χ1) is 8.97. The summed E-state index contributed by atoms with van der Waals surface area (Å²) in [6.07, 6.45) is 1.51. The molecule has 1 aromatic carbocycles. The molecule has 0 spiro atoms. The predicted octanol–water partition coefficient (Wildman–Crippen LogP) is 2.93. The molecule has 2 rings (SSSR count). The molecule has 4 atom stereocenters. The Bertz CT molecular complexity index is 407. The van der Waals surface area contributed by atoms with Crippen molar-refractivity contribution in [1.82, 2.24) is 0 Å². The van der Waals surface area contributed by atoms with Crippen LogP contribution in [0.2, 0.25) is 0 Å². The second-order valence-corrected chi connectivity index (χ2v) is 6.10. The molecule has 0 aliphatic heterocycles. The first kappa shape index (κ1) is 14.2. The van der Waals surface area contributed by atoms with Crippen LogP contribution >= 0.6 is 0 Å². The predicted molar refractivity (Wildman–Crippen MR) is 78.8 cm³/mol. The maximum atomic E-state index is 10.2. The largest absolute Gasteiger partial charge is 0.487 e. The lowest BCUT2D eigenvalue weighted by Gasteiger charge is -2.36. The minimum Gasteiger partial charge on any atom is -0.487 e. The number of rotatable bonds is 3. The number of hydrogen-bond donors (Lipinski definition) is 1. The van der Waals surface area contributed by atoms with E-state index in [0.717, 1.165) is 24.3 Å². The van der Waals surface area contributed by atoms with E-state index in [1.807, 2.05) is 32.3 Å². The molecule has 1 aliphatic carbocycles. The molecule has 4 unspecified atom stereocenters. The van der Waals surface area contributed by atoms with Gasteiger partial charge >= 0.3 is 0 Å². The van der Waals surface area contributed by atoms with E-state index in [2.05, 4.69) is 24.8 Å². The Kier molecular flexibility index (Phi) is 4.35. The van der Waals surface area contributed by atoms with Crippen LogP contribution in [-0.4, -0.2) is 31.4 Å². The molecule has 0 amide bonds. The number of nitrogens with zero attached hydrogens (tertiary/aromatic N) is 1. The van der Waals surface area contributed by atoms with Gasteiger partial charge in [0.25, 0.3) is 0 Å². The molecule has 106 valence electrons. The molecule has 1 saturated carbocycles. The number of ether oxygens (including phenoxy) is 1. The highest BCUT2D eigenvalue weighted by atomic mass is 16.5. The monoisotopic (exact) mass is 263 g/mol. The van der Waals surface area contributed by atoms with Crippen LogP contribution in [0.3, 0.4) is 0 Å². The second-order valence-electron chi connectivity index (χ2n) is 6.10. The number of aliphatic hydroxyl groups excluding tert-OH is 1. The van der Waals surface area contributed by atoms with Crippen molar-refractivity contribution in [2.24, 2.45) is 11.8 Å². The van der Waals surface area contributed by atoms with Crippen molar-refractivity contribution in [2.75, 3.05) is 19.0 Å². The van der Waals surface area contributed by atoms with E-state index in [-0.39, 0.29) is 12.2 Å². The van der Waals surface area contributed by atoms with Gasteiger partial charge in [-0.05, 0) is 36.8 Å². The van der Waals surface area contributed by atoms with E-state index in [1.54, 1.807) is 0 Å². The standard InChI is InChI=1S/C16H25NO2/c1-11-8-12(2)16(15(18)9-11)19-14-7-5-6-13(10-14)17(3)4/h5-7,10-12,15-16,18H,8-9H2,1-4H3. The van der Waals surface area contributed by atoms with Crippen molar-refractivity contribution in [1.29, 1.82) is 0 Å². The Morgan fingerprint density at radius 1 is 1.21 bits per heavy atom. The van der Waals surface area contributed by atoms with E-state index >= 15 is 0 Å². The fraction of sp³-hybridized carbons (Fsp3) is 0.625. The van der Waals surface area contributed by atoms with Crippen molar-refractivity contribution < 1.29 is 9.84 Å². The van der Waals surface area contributed by atoms with Gasteiger partial charge in [-0.1, -0.05) is 19.9 Å². The van der Waals surface area contributed by atoms with Gasteiger partial charge in [-0.2, -0.15) is 0 Å². The SMILES string of the molecule is CC1CC(C)C(Oc2cccc(N(C)C)c2)C(O)C1. The molecule has 3 nitrogen and oxygen atoms in total. The van der Waals surface area contributed by atoms with Crippen LogP contribution in [-0.2, 0) is 0 Å². The zero-order chi connectivity index (χ0) is 14.0. The summed E-state index contributed by atoms with van der Waals surface area (Å²) in [6, 6.07) is 8.03. The van der Waals surface area contributed by atoms with E-state index in [9.17, 15) is 5.11 Å². The number of hydrogen-bond acceptors (Lipinski definition) is 3. The normalized spacial score (nSPS) is 31.0. The number of benzene rings is 1. The van der Waals surface area contributed by atoms with Crippen molar-refractivity contribution in [2.45, 2.75) is 38.9 Å². The van der Waals surface area contributed by atoms with Crippen LogP contribution in [0.15, 0.2) is 24.3 Å². The zero-order valence-corrected chi connectivity index (χ0v) is 12.3. The van der Waals surface area contributed by atoms with Crippen molar-refractivity contribution in [3.05, 3.63) is 24.3 Å². The summed E-state index contributed by atoms with van der Waals surface area (Å²) >= 11 is 0. The van der Waals surface area contributed by atoms with Crippen LogP contribution in [0.4, 0.5) is 5.69 Å². The first-order valence-corrected chi connectivity index (χ1v) is 7.09. The molecule has 1 aromatic rings. The smallest absolute Gasteiger partial charge is 0.127 e. The molecule has 0 bridgehead atoms. The maximum Gasteiger partial charge on any atom is 0.127 e. The third-order valence-electron chi connectivity index (χ3n) is 3.96. The van der Waals surface area contributed by atoms with Gasteiger partial charge in [0.1, 0.15) is 11.9 Å². The molecule has 0 heterocycles. The Morgan fingerprint density at radius 3 is 2.58 bits per heavy atom. The molecule has 1 N–H and O–H groups in total. The van der Waals surface area contributed by atoms with Crippen LogP contribution in [0.25, 0.3) is 0 Å². The first-order valence-electron chi connectivity index (χ1n) is 7.09. The lowest BCUT2D eigenvalue weighted by Crippen LogP contribution is -2.43. The minimum absolute atomic E-state index is 0.0892. The van der Waals surface area contributed by atoms with Crippen LogP contribution < -0.4 is 9.64 Å². The second kappa shape index (κ2) is 5.83. The lowest BCUT2D eigenvalue weighted by molar-refractivity contribution is -0.0388. The Morgan fingerprint density at radius 2 is 1.95 bits per heavy atom. The molecule has 1 aliphatic rings. The summed E-state index contributed by atoms with van der Waals surface area (Å²) in [5.41, 5.74) is 1.11. The molecular weight excluding hydrogens is 238 g/mol. The highest BCUT2D eigenvalue weighted by Gasteiger charge is 2.34. The van der Waals surface area contributed by atoms with E-state index in [0.29, 0.717) is 11.8 Å². The van der Waals surface area contributed by atoms with E-state index < -0.39 is 0 Å². The molecule has 0 saturated heterocycles. The highest BCUT2D eigenvalue weighted by molar-refractivity contribution is 5.49. The summed E-state index contributed by atoms with van der Waals surface area (Å²) in [5, 5.41) is 10.2. The summed E-state index contributed by atoms with van der Waals surface area (Å²) in [4.78, 5) is 2.05. The van der Waals surface area contributed by atoms with Gasteiger partial charge in [0.05, 0.1) is 6.10 Å².